The molecule has 0 radical (unpaired) electrons. The molecule has 0 spiro atoms. The van der Waals surface area contributed by atoms with E-state index >= 15 is 0 Å². The summed E-state index contributed by atoms with van der Waals surface area (Å²) in [4.78, 5) is 11.7. The van der Waals surface area contributed by atoms with Gasteiger partial charge in [-0.25, -0.2) is 0 Å². The van der Waals surface area contributed by atoms with Gasteiger partial charge in [0.25, 0.3) is 0 Å². The van der Waals surface area contributed by atoms with E-state index in [4.69, 9.17) is 0 Å². The molecule has 0 heterocycles. The van der Waals surface area contributed by atoms with E-state index < -0.39 is 11.4 Å². The van der Waals surface area contributed by atoms with Gasteiger partial charge in [0.05, 0.1) is 5.41 Å². The summed E-state index contributed by atoms with van der Waals surface area (Å²) in [6.45, 7) is 1.93. The Labute approximate surface area is 106 Å². The van der Waals surface area contributed by atoms with Crippen LogP contribution >= 0.6 is 0 Å². The van der Waals surface area contributed by atoms with Crippen LogP contribution in [0, 0.1) is 17.3 Å². The van der Waals surface area contributed by atoms with Gasteiger partial charge in [0.15, 0.2) is 0 Å². The Bertz CT molecular complexity index is 588. The summed E-state index contributed by atoms with van der Waals surface area (Å²) in [5, 5.41) is 9.60. The second kappa shape index (κ2) is 3.05. The average molecular weight is 240 g/mol. The number of carboxylic acid groups (broad SMARTS) is 1. The first-order valence-corrected chi connectivity index (χ1v) is 6.68. The smallest absolute Gasteiger partial charge is 0.309 e. The van der Waals surface area contributed by atoms with E-state index in [1.165, 1.54) is 22.3 Å². The van der Waals surface area contributed by atoms with Crippen LogP contribution in [0.4, 0.5) is 0 Å². The number of rotatable bonds is 1. The molecule has 2 nitrogen and oxygen atoms in total. The predicted octanol–water partition coefficient (Wildman–Crippen LogP) is 3.24. The van der Waals surface area contributed by atoms with E-state index in [-0.39, 0.29) is 5.92 Å². The standard InChI is InChI=1S/C16H16O2/c1-16(15(17)18)6-5-9-7-10-8-12(10)11-3-2-4-13(16)14(9)11/h2-3,7-8,12-13H,4-6H2,1H3,(H,17,18). The van der Waals surface area contributed by atoms with Crippen LogP contribution in [0.5, 0.6) is 0 Å². The third-order valence-corrected chi connectivity index (χ3v) is 5.13. The number of allylic oxidation sites excluding steroid dienone is 8. The summed E-state index contributed by atoms with van der Waals surface area (Å²) >= 11 is 0. The van der Waals surface area contributed by atoms with Crippen molar-refractivity contribution >= 4 is 5.97 Å². The molecule has 0 bridgehead atoms. The topological polar surface area (TPSA) is 37.3 Å². The molecule has 0 aromatic rings. The molecular weight excluding hydrogens is 224 g/mol. The third kappa shape index (κ3) is 1.11. The van der Waals surface area contributed by atoms with Crippen LogP contribution in [0.2, 0.25) is 0 Å². The minimum Gasteiger partial charge on any atom is -0.481 e. The summed E-state index contributed by atoms with van der Waals surface area (Å²) in [5.74, 6) is 0.0350. The number of carbonyl (C=O) groups is 1. The van der Waals surface area contributed by atoms with Crippen LogP contribution in [-0.4, -0.2) is 11.1 Å². The van der Waals surface area contributed by atoms with E-state index in [9.17, 15) is 9.90 Å². The van der Waals surface area contributed by atoms with Gasteiger partial charge in [0, 0.05) is 11.8 Å². The molecule has 0 aromatic heterocycles. The monoisotopic (exact) mass is 240 g/mol. The van der Waals surface area contributed by atoms with Crippen LogP contribution in [0.25, 0.3) is 0 Å². The lowest BCUT2D eigenvalue weighted by molar-refractivity contribution is -0.151. The van der Waals surface area contributed by atoms with Crippen molar-refractivity contribution in [3.05, 3.63) is 46.6 Å². The molecule has 1 fully saturated rings. The van der Waals surface area contributed by atoms with Crippen molar-refractivity contribution in [1.82, 2.24) is 0 Å². The van der Waals surface area contributed by atoms with E-state index in [0.29, 0.717) is 5.92 Å². The number of aliphatic carboxylic acids is 1. The second-order valence-electron chi connectivity index (χ2n) is 6.10. The fraction of sp³-hybridized carbons (Fsp3) is 0.438. The molecule has 18 heavy (non-hydrogen) atoms. The molecule has 1 N–H and O–H groups in total. The molecule has 4 aliphatic rings. The third-order valence-electron chi connectivity index (χ3n) is 5.13. The lowest BCUT2D eigenvalue weighted by atomic mass is 9.59. The van der Waals surface area contributed by atoms with Crippen LogP contribution in [-0.2, 0) is 4.79 Å². The average Bonchev–Trinajstić information content (AvgIpc) is 3.13. The Morgan fingerprint density at radius 1 is 1.50 bits per heavy atom. The summed E-state index contributed by atoms with van der Waals surface area (Å²) in [6, 6.07) is 0. The van der Waals surface area contributed by atoms with Crippen LogP contribution in [0.15, 0.2) is 46.6 Å². The molecule has 2 heteroatoms. The zero-order valence-corrected chi connectivity index (χ0v) is 10.4. The number of carboxylic acids is 1. The first kappa shape index (κ1) is 10.4. The van der Waals surface area contributed by atoms with E-state index in [2.05, 4.69) is 24.3 Å². The zero-order chi connectivity index (χ0) is 12.5. The Kier molecular flexibility index (Phi) is 1.76. The molecule has 3 atom stereocenters. The molecule has 3 unspecified atom stereocenters. The van der Waals surface area contributed by atoms with Gasteiger partial charge < -0.3 is 5.11 Å². The van der Waals surface area contributed by atoms with Gasteiger partial charge >= 0.3 is 5.97 Å². The molecular formula is C16H16O2. The largest absolute Gasteiger partial charge is 0.481 e. The molecule has 0 aliphatic heterocycles. The van der Waals surface area contributed by atoms with Gasteiger partial charge in [0.2, 0.25) is 0 Å². The summed E-state index contributed by atoms with van der Waals surface area (Å²) in [6.07, 6.45) is 11.5. The lowest BCUT2D eigenvalue weighted by Gasteiger charge is -2.44. The highest BCUT2D eigenvalue weighted by Gasteiger charge is 2.50. The Balaban J connectivity index is 1.88. The number of fused-ring (bicyclic) bond motifs is 2. The molecule has 4 rings (SSSR count). The molecule has 0 saturated heterocycles. The van der Waals surface area contributed by atoms with Crippen LogP contribution < -0.4 is 0 Å². The molecule has 92 valence electrons. The summed E-state index contributed by atoms with van der Waals surface area (Å²) in [5.41, 5.74) is 4.99. The molecule has 4 aliphatic carbocycles. The highest BCUT2D eigenvalue weighted by molar-refractivity contribution is 5.78. The van der Waals surface area contributed by atoms with Crippen molar-refractivity contribution in [2.75, 3.05) is 0 Å². The number of hydrogen-bond donors (Lipinski definition) is 1. The lowest BCUT2D eigenvalue weighted by Crippen LogP contribution is -2.41. The molecule has 0 aromatic carbocycles. The van der Waals surface area contributed by atoms with Crippen LogP contribution in [0.1, 0.15) is 26.2 Å². The maximum Gasteiger partial charge on any atom is 0.309 e. The van der Waals surface area contributed by atoms with Gasteiger partial charge in [-0.15, -0.1) is 0 Å². The maximum absolute atomic E-state index is 11.7. The highest BCUT2D eigenvalue weighted by Crippen LogP contribution is 2.57. The van der Waals surface area contributed by atoms with Crippen molar-refractivity contribution in [3.8, 4) is 0 Å². The Hall–Kier alpha value is -1.57. The maximum atomic E-state index is 11.7. The van der Waals surface area contributed by atoms with E-state index in [1.807, 2.05) is 6.92 Å². The van der Waals surface area contributed by atoms with Gasteiger partial charge in [0.1, 0.15) is 0 Å². The minimum absolute atomic E-state index is 0.172. The van der Waals surface area contributed by atoms with Crippen LogP contribution in [0.3, 0.4) is 0 Å². The van der Waals surface area contributed by atoms with E-state index in [0.717, 1.165) is 19.3 Å². The first-order chi connectivity index (χ1) is 8.61. The van der Waals surface area contributed by atoms with Gasteiger partial charge in [-0.1, -0.05) is 24.3 Å². The van der Waals surface area contributed by atoms with Crippen molar-refractivity contribution in [2.24, 2.45) is 17.3 Å². The van der Waals surface area contributed by atoms with Gasteiger partial charge in [-0.2, -0.15) is 0 Å². The summed E-state index contributed by atoms with van der Waals surface area (Å²) in [7, 11) is 0. The molecule has 0 amide bonds. The normalized spacial score (nSPS) is 39.6. The second-order valence-corrected chi connectivity index (χ2v) is 6.10. The zero-order valence-electron chi connectivity index (χ0n) is 10.4. The SMILES string of the molecule is CC1(C(=O)O)CCC2=CC3=CC3C3=C2C1CC=C3. The number of hydrogen-bond acceptors (Lipinski definition) is 1. The van der Waals surface area contributed by atoms with Crippen molar-refractivity contribution in [3.63, 3.8) is 0 Å². The van der Waals surface area contributed by atoms with Crippen molar-refractivity contribution < 1.29 is 9.90 Å². The minimum atomic E-state index is -0.636. The van der Waals surface area contributed by atoms with Crippen molar-refractivity contribution in [1.29, 1.82) is 0 Å². The summed E-state index contributed by atoms with van der Waals surface area (Å²) < 4.78 is 0. The van der Waals surface area contributed by atoms with Gasteiger partial charge in [-0.05, 0) is 48.5 Å². The Morgan fingerprint density at radius 2 is 2.33 bits per heavy atom. The predicted molar refractivity (Wildman–Crippen MR) is 68.9 cm³/mol. The van der Waals surface area contributed by atoms with Gasteiger partial charge in [-0.3, -0.25) is 4.79 Å². The Morgan fingerprint density at radius 3 is 3.11 bits per heavy atom. The molecule has 1 saturated carbocycles. The van der Waals surface area contributed by atoms with Crippen molar-refractivity contribution in [2.45, 2.75) is 26.2 Å². The quantitative estimate of drug-likeness (QED) is 0.764. The van der Waals surface area contributed by atoms with E-state index in [1.54, 1.807) is 0 Å². The fourth-order valence-electron chi connectivity index (χ4n) is 3.86. The fourth-order valence-corrected chi connectivity index (χ4v) is 3.86. The highest BCUT2D eigenvalue weighted by atomic mass is 16.4. The first-order valence-electron chi connectivity index (χ1n) is 6.68.